The standard InChI is InChI=1S/C32H34ClF2N3O4S2.ClH/c1-36-22-8-12-24(13-9-22)38(32(39)31-29(33)28-25(34)14-15-26(35)30(28)43-31)18-21-17-20(7-16-27(21)42-3)19-5-10-23(11-6-19)37(2)44(4,40)41;/h5-7,10-11,14-17,22,24,36H,8-9,12-13,18H2,1-4H3;1H. The maximum absolute atomic E-state index is 14.7. The number of halogens is 4. The summed E-state index contributed by atoms with van der Waals surface area (Å²) >= 11 is 7.44. The molecule has 3 aromatic carbocycles. The van der Waals surface area contributed by atoms with Crippen molar-refractivity contribution in [2.45, 2.75) is 44.3 Å². The zero-order valence-corrected chi connectivity index (χ0v) is 28.5. The molecule has 0 unspecified atom stereocenters. The summed E-state index contributed by atoms with van der Waals surface area (Å²) in [6.45, 7) is 0.190. The number of fused-ring (bicyclic) bond motifs is 1. The molecule has 0 saturated heterocycles. The third-order valence-electron chi connectivity index (χ3n) is 8.37. The van der Waals surface area contributed by atoms with E-state index in [2.05, 4.69) is 5.32 Å². The molecule has 7 nitrogen and oxygen atoms in total. The molecule has 1 saturated carbocycles. The van der Waals surface area contributed by atoms with Gasteiger partial charge in [-0.3, -0.25) is 9.10 Å². The van der Waals surface area contributed by atoms with Crippen molar-refractivity contribution >= 4 is 67.0 Å². The number of sulfonamides is 1. The lowest BCUT2D eigenvalue weighted by Crippen LogP contribution is -2.44. The van der Waals surface area contributed by atoms with Crippen LogP contribution >= 0.6 is 35.3 Å². The van der Waals surface area contributed by atoms with Gasteiger partial charge in [-0.1, -0.05) is 29.8 Å². The van der Waals surface area contributed by atoms with E-state index in [0.29, 0.717) is 17.5 Å². The maximum Gasteiger partial charge on any atom is 0.266 e. The Balaban J connectivity index is 0.00000461. The molecule has 45 heavy (non-hydrogen) atoms. The Morgan fingerprint density at radius 3 is 2.22 bits per heavy atom. The molecule has 1 heterocycles. The van der Waals surface area contributed by atoms with Gasteiger partial charge in [-0.25, -0.2) is 17.2 Å². The van der Waals surface area contributed by atoms with E-state index in [1.54, 1.807) is 24.1 Å². The van der Waals surface area contributed by atoms with Crippen molar-refractivity contribution in [1.29, 1.82) is 0 Å². The van der Waals surface area contributed by atoms with Crippen LogP contribution in [0.5, 0.6) is 5.75 Å². The van der Waals surface area contributed by atoms with Gasteiger partial charge in [0.05, 0.1) is 34.2 Å². The van der Waals surface area contributed by atoms with Gasteiger partial charge in [-0.15, -0.1) is 23.7 Å². The number of hydrogen-bond donors (Lipinski definition) is 1. The SMILES string of the molecule is CNC1CCC(N(Cc2cc(-c3ccc(N(C)S(C)(=O)=O)cc3)ccc2OC)C(=O)c2sc3c(F)ccc(F)c3c2Cl)CC1.Cl. The number of rotatable bonds is 9. The summed E-state index contributed by atoms with van der Waals surface area (Å²) in [6, 6.07) is 15.1. The normalized spacial score (nSPS) is 16.7. The summed E-state index contributed by atoms with van der Waals surface area (Å²) in [7, 11) is 1.59. The Kier molecular flexibility index (Phi) is 11.0. The molecule has 1 fully saturated rings. The highest BCUT2D eigenvalue weighted by atomic mass is 35.5. The number of methoxy groups -OCH3 is 1. The first-order valence-electron chi connectivity index (χ1n) is 14.2. The van der Waals surface area contributed by atoms with Crippen LogP contribution in [0.2, 0.25) is 5.02 Å². The lowest BCUT2D eigenvalue weighted by molar-refractivity contribution is 0.0604. The molecule has 1 aliphatic rings. The number of hydrogen-bond acceptors (Lipinski definition) is 6. The molecule has 1 amide bonds. The maximum atomic E-state index is 14.7. The Morgan fingerprint density at radius 2 is 1.64 bits per heavy atom. The first-order valence-corrected chi connectivity index (χ1v) is 17.2. The van der Waals surface area contributed by atoms with E-state index in [0.717, 1.165) is 72.1 Å². The molecule has 1 aromatic heterocycles. The molecule has 242 valence electrons. The van der Waals surface area contributed by atoms with E-state index in [1.165, 1.54) is 11.4 Å². The van der Waals surface area contributed by atoms with Crippen LogP contribution in [0, 0.1) is 11.6 Å². The Bertz CT molecular complexity index is 1790. The smallest absolute Gasteiger partial charge is 0.266 e. The minimum atomic E-state index is -3.40. The minimum Gasteiger partial charge on any atom is -0.496 e. The molecule has 4 aromatic rings. The zero-order valence-electron chi connectivity index (χ0n) is 25.3. The van der Waals surface area contributed by atoms with Crippen LogP contribution in [0.1, 0.15) is 40.9 Å². The highest BCUT2D eigenvalue weighted by molar-refractivity contribution is 7.92. The van der Waals surface area contributed by atoms with Gasteiger partial charge in [0.25, 0.3) is 5.91 Å². The summed E-state index contributed by atoms with van der Waals surface area (Å²) in [5.74, 6) is -1.10. The van der Waals surface area contributed by atoms with E-state index in [4.69, 9.17) is 16.3 Å². The number of nitrogens with zero attached hydrogens (tertiary/aromatic N) is 2. The molecule has 5 rings (SSSR count). The predicted molar refractivity (Wildman–Crippen MR) is 181 cm³/mol. The van der Waals surface area contributed by atoms with E-state index in [9.17, 15) is 22.0 Å². The fourth-order valence-corrected chi connectivity index (χ4v) is 7.74. The number of thiophene rings is 1. The van der Waals surface area contributed by atoms with E-state index >= 15 is 0 Å². The zero-order chi connectivity index (χ0) is 31.8. The summed E-state index contributed by atoms with van der Waals surface area (Å²) in [5, 5.41) is 3.15. The van der Waals surface area contributed by atoms with Gasteiger partial charge in [0.1, 0.15) is 22.3 Å². The van der Waals surface area contributed by atoms with Crippen molar-refractivity contribution in [1.82, 2.24) is 10.2 Å². The highest BCUT2D eigenvalue weighted by Gasteiger charge is 2.33. The summed E-state index contributed by atoms with van der Waals surface area (Å²) < 4.78 is 60.2. The molecule has 0 radical (unpaired) electrons. The Labute approximate surface area is 277 Å². The third-order valence-corrected chi connectivity index (χ3v) is 11.2. The van der Waals surface area contributed by atoms with Crippen molar-refractivity contribution in [3.05, 3.63) is 81.7 Å². The number of amides is 1. The number of anilines is 1. The van der Waals surface area contributed by atoms with Crippen LogP contribution in [0.15, 0.2) is 54.6 Å². The first-order chi connectivity index (χ1) is 20.9. The van der Waals surface area contributed by atoms with Crippen molar-refractivity contribution in [2.75, 3.05) is 31.8 Å². The lowest BCUT2D eigenvalue weighted by Gasteiger charge is -2.37. The molecule has 13 heteroatoms. The van der Waals surface area contributed by atoms with Crippen LogP contribution in [-0.4, -0.2) is 58.8 Å². The minimum absolute atomic E-state index is 0. The average molecular weight is 699 g/mol. The van der Waals surface area contributed by atoms with Gasteiger partial charge < -0.3 is 15.0 Å². The summed E-state index contributed by atoms with van der Waals surface area (Å²) in [6.07, 6.45) is 4.40. The van der Waals surface area contributed by atoms with Gasteiger partial charge in [0, 0.05) is 31.2 Å². The van der Waals surface area contributed by atoms with Gasteiger partial charge in [0.15, 0.2) is 0 Å². The van der Waals surface area contributed by atoms with Crippen LogP contribution in [0.25, 0.3) is 21.2 Å². The van der Waals surface area contributed by atoms with Crippen LogP contribution in [0.3, 0.4) is 0 Å². The summed E-state index contributed by atoms with van der Waals surface area (Å²) in [5.41, 5.74) is 2.99. The van der Waals surface area contributed by atoms with Gasteiger partial charge >= 0.3 is 0 Å². The predicted octanol–water partition coefficient (Wildman–Crippen LogP) is 7.50. The van der Waals surface area contributed by atoms with E-state index in [1.807, 2.05) is 37.4 Å². The second kappa shape index (κ2) is 14.2. The molecular weight excluding hydrogens is 663 g/mol. The summed E-state index contributed by atoms with van der Waals surface area (Å²) in [4.78, 5) is 16.1. The van der Waals surface area contributed by atoms with E-state index < -0.39 is 21.7 Å². The van der Waals surface area contributed by atoms with Crippen molar-refractivity contribution in [2.24, 2.45) is 0 Å². The first kappa shape index (κ1) is 34.9. The number of nitrogens with one attached hydrogen (secondary N) is 1. The average Bonchev–Trinajstić information content (AvgIpc) is 3.38. The fraction of sp³-hybridized carbons (Fsp3) is 0.344. The van der Waals surface area contributed by atoms with Gasteiger partial charge in [-0.05, 0) is 80.3 Å². The van der Waals surface area contributed by atoms with Crippen molar-refractivity contribution in [3.8, 4) is 16.9 Å². The third kappa shape index (κ3) is 7.23. The molecular formula is C32H35Cl2F2N3O4S2. The number of carbonyl (C=O) groups is 1. The van der Waals surface area contributed by atoms with Gasteiger partial charge in [-0.2, -0.15) is 0 Å². The van der Waals surface area contributed by atoms with Crippen LogP contribution in [0.4, 0.5) is 14.5 Å². The molecule has 1 aliphatic carbocycles. The van der Waals surface area contributed by atoms with Crippen LogP contribution in [-0.2, 0) is 16.6 Å². The molecule has 1 N–H and O–H groups in total. The Hall–Kier alpha value is -2.96. The molecule has 0 spiro atoms. The Morgan fingerprint density at radius 1 is 1.02 bits per heavy atom. The quantitative estimate of drug-likeness (QED) is 0.196. The van der Waals surface area contributed by atoms with Gasteiger partial charge in [0.2, 0.25) is 10.0 Å². The second-order valence-electron chi connectivity index (χ2n) is 11.0. The van der Waals surface area contributed by atoms with Crippen LogP contribution < -0.4 is 14.4 Å². The largest absolute Gasteiger partial charge is 0.496 e. The van der Waals surface area contributed by atoms with E-state index in [-0.39, 0.29) is 50.9 Å². The molecule has 0 bridgehead atoms. The topological polar surface area (TPSA) is 78.9 Å². The number of benzene rings is 3. The fourth-order valence-electron chi connectivity index (χ4n) is 5.73. The highest BCUT2D eigenvalue weighted by Crippen LogP contribution is 2.40. The second-order valence-corrected chi connectivity index (χ2v) is 14.4. The molecule has 0 atom stereocenters. The lowest BCUT2D eigenvalue weighted by atomic mass is 9.89. The van der Waals surface area contributed by atoms with Crippen molar-refractivity contribution < 1.29 is 26.7 Å². The monoisotopic (exact) mass is 697 g/mol. The molecule has 0 aliphatic heterocycles. The number of ether oxygens (including phenoxy) is 1. The number of carbonyl (C=O) groups excluding carboxylic acids is 1. The van der Waals surface area contributed by atoms with Crippen molar-refractivity contribution in [3.63, 3.8) is 0 Å².